The van der Waals surface area contributed by atoms with Crippen LogP contribution in [0, 0.1) is 0 Å². The Morgan fingerprint density at radius 2 is 2.06 bits per heavy atom. The van der Waals surface area contributed by atoms with Gasteiger partial charge in [0.2, 0.25) is 5.91 Å². The highest BCUT2D eigenvalue weighted by Gasteiger charge is 2.39. The predicted molar refractivity (Wildman–Crippen MR) is 74.4 cm³/mol. The number of carbonyl (C=O) groups is 1. The lowest BCUT2D eigenvalue weighted by Gasteiger charge is -2.38. The third-order valence-electron chi connectivity index (χ3n) is 3.88. The van der Waals surface area contributed by atoms with Crippen molar-refractivity contribution in [2.75, 3.05) is 47.3 Å². The molecule has 5 heteroatoms. The second-order valence-electron chi connectivity index (χ2n) is 6.09. The molecule has 18 heavy (non-hydrogen) atoms. The first kappa shape index (κ1) is 15.4. The molecule has 1 rings (SSSR count). The van der Waals surface area contributed by atoms with Gasteiger partial charge in [-0.2, -0.15) is 0 Å². The Hall–Kier alpha value is -0.650. The fraction of sp³-hybridized carbons (Fsp3) is 0.923. The lowest BCUT2D eigenvalue weighted by Crippen LogP contribution is -2.54. The topological polar surface area (TPSA) is 52.8 Å². The first-order chi connectivity index (χ1) is 8.29. The maximum absolute atomic E-state index is 12.6. The molecule has 1 amide bonds. The summed E-state index contributed by atoms with van der Waals surface area (Å²) >= 11 is 0. The van der Waals surface area contributed by atoms with Crippen molar-refractivity contribution in [1.29, 1.82) is 0 Å². The van der Waals surface area contributed by atoms with Crippen LogP contribution in [-0.2, 0) is 4.79 Å². The van der Waals surface area contributed by atoms with E-state index in [9.17, 15) is 4.79 Å². The van der Waals surface area contributed by atoms with E-state index in [0.717, 1.165) is 26.1 Å². The van der Waals surface area contributed by atoms with E-state index >= 15 is 0 Å². The van der Waals surface area contributed by atoms with Gasteiger partial charge in [0.05, 0.1) is 0 Å². The van der Waals surface area contributed by atoms with Crippen LogP contribution in [0.15, 0.2) is 0 Å². The van der Waals surface area contributed by atoms with E-state index in [1.165, 1.54) is 0 Å². The molecule has 0 aromatic rings. The van der Waals surface area contributed by atoms with Crippen LogP contribution in [0.25, 0.3) is 0 Å². The van der Waals surface area contributed by atoms with Crippen molar-refractivity contribution in [2.45, 2.75) is 31.8 Å². The van der Waals surface area contributed by atoms with Gasteiger partial charge in [-0.05, 0) is 41.4 Å². The van der Waals surface area contributed by atoms with Gasteiger partial charge in [-0.1, -0.05) is 0 Å². The van der Waals surface area contributed by atoms with Crippen molar-refractivity contribution in [3.05, 3.63) is 0 Å². The molecule has 106 valence electrons. The summed E-state index contributed by atoms with van der Waals surface area (Å²) < 4.78 is 0. The second kappa shape index (κ2) is 5.99. The van der Waals surface area contributed by atoms with Gasteiger partial charge in [0.1, 0.15) is 6.04 Å². The van der Waals surface area contributed by atoms with Gasteiger partial charge in [0.25, 0.3) is 0 Å². The molecule has 0 saturated carbocycles. The van der Waals surface area contributed by atoms with Crippen molar-refractivity contribution in [3.8, 4) is 0 Å². The number of rotatable bonds is 4. The molecule has 1 heterocycles. The van der Waals surface area contributed by atoms with Crippen molar-refractivity contribution in [3.63, 3.8) is 0 Å². The average molecular weight is 256 g/mol. The number of nitrogens with zero attached hydrogens (tertiary/aromatic N) is 3. The molecule has 5 nitrogen and oxygen atoms in total. The van der Waals surface area contributed by atoms with Gasteiger partial charge >= 0.3 is 0 Å². The minimum atomic E-state index is -0.172. The van der Waals surface area contributed by atoms with Gasteiger partial charge in [-0.15, -0.1) is 0 Å². The van der Waals surface area contributed by atoms with Crippen LogP contribution in [0.5, 0.6) is 0 Å². The lowest BCUT2D eigenvalue weighted by molar-refractivity contribution is -0.139. The van der Waals surface area contributed by atoms with Gasteiger partial charge in [0.15, 0.2) is 0 Å². The van der Waals surface area contributed by atoms with E-state index in [4.69, 9.17) is 5.73 Å². The molecular formula is C13H28N4O. The molecular weight excluding hydrogens is 228 g/mol. The van der Waals surface area contributed by atoms with Gasteiger partial charge in [0, 0.05) is 31.7 Å². The van der Waals surface area contributed by atoms with Crippen LogP contribution >= 0.6 is 0 Å². The average Bonchev–Trinajstić information content (AvgIpc) is 2.33. The van der Waals surface area contributed by atoms with Gasteiger partial charge in [-0.3, -0.25) is 9.69 Å². The third-order valence-corrected chi connectivity index (χ3v) is 3.88. The fourth-order valence-corrected chi connectivity index (χ4v) is 2.40. The summed E-state index contributed by atoms with van der Waals surface area (Å²) in [5.74, 6) is 0.171. The van der Waals surface area contributed by atoms with Crippen LogP contribution in [-0.4, -0.2) is 79.5 Å². The Labute approximate surface area is 111 Å². The minimum absolute atomic E-state index is 0.0920. The summed E-state index contributed by atoms with van der Waals surface area (Å²) in [6, 6.07) is -0.172. The van der Waals surface area contributed by atoms with E-state index in [0.29, 0.717) is 6.54 Å². The Balaban J connectivity index is 2.88. The second-order valence-corrected chi connectivity index (χ2v) is 6.09. The molecule has 1 unspecified atom stereocenters. The Bertz CT molecular complexity index is 291. The molecule has 0 spiro atoms. The van der Waals surface area contributed by atoms with E-state index in [1.54, 1.807) is 0 Å². The molecule has 0 aromatic carbocycles. The van der Waals surface area contributed by atoms with E-state index in [-0.39, 0.29) is 17.5 Å². The normalized spacial score (nSPS) is 25.6. The summed E-state index contributed by atoms with van der Waals surface area (Å²) in [6.07, 6.45) is 0.985. The summed E-state index contributed by atoms with van der Waals surface area (Å²) in [7, 11) is 6.05. The number of amides is 1. The van der Waals surface area contributed by atoms with Crippen LogP contribution in [0.1, 0.15) is 20.3 Å². The van der Waals surface area contributed by atoms with Crippen molar-refractivity contribution >= 4 is 5.91 Å². The summed E-state index contributed by atoms with van der Waals surface area (Å²) in [6.45, 7) is 7.25. The van der Waals surface area contributed by atoms with Crippen LogP contribution in [0.4, 0.5) is 0 Å². The molecule has 1 saturated heterocycles. The smallest absolute Gasteiger partial charge is 0.241 e. The van der Waals surface area contributed by atoms with Crippen LogP contribution in [0.3, 0.4) is 0 Å². The molecule has 1 aliphatic heterocycles. The number of likely N-dealkylation sites (N-methyl/N-ethyl adjacent to an activating group) is 2. The molecule has 0 aromatic heterocycles. The molecule has 0 radical (unpaired) electrons. The number of hydrogen-bond acceptors (Lipinski definition) is 4. The Morgan fingerprint density at radius 3 is 2.56 bits per heavy atom. The highest BCUT2D eigenvalue weighted by atomic mass is 16.2. The Morgan fingerprint density at radius 1 is 1.44 bits per heavy atom. The van der Waals surface area contributed by atoms with E-state index < -0.39 is 0 Å². The zero-order chi connectivity index (χ0) is 13.9. The number of hydrogen-bond donors (Lipinski definition) is 1. The molecule has 2 N–H and O–H groups in total. The molecule has 1 fully saturated rings. The predicted octanol–water partition coefficient (Wildman–Crippen LogP) is -0.182. The van der Waals surface area contributed by atoms with Gasteiger partial charge < -0.3 is 15.5 Å². The summed E-state index contributed by atoms with van der Waals surface area (Å²) in [4.78, 5) is 18.8. The third kappa shape index (κ3) is 3.43. The van der Waals surface area contributed by atoms with Crippen LogP contribution < -0.4 is 5.73 Å². The van der Waals surface area contributed by atoms with Crippen molar-refractivity contribution in [2.24, 2.45) is 5.73 Å². The SMILES string of the molecule is CN(C)CCN1C(=O)C(CN)N(C)CCC1(C)C. The van der Waals surface area contributed by atoms with Crippen LogP contribution in [0.2, 0.25) is 0 Å². The highest BCUT2D eigenvalue weighted by Crippen LogP contribution is 2.24. The zero-order valence-corrected chi connectivity index (χ0v) is 12.4. The Kier molecular flexibility index (Phi) is 5.13. The minimum Gasteiger partial charge on any atom is -0.335 e. The quantitative estimate of drug-likeness (QED) is 0.758. The molecule has 1 aliphatic rings. The highest BCUT2D eigenvalue weighted by molar-refractivity contribution is 5.83. The van der Waals surface area contributed by atoms with Crippen molar-refractivity contribution in [1.82, 2.24) is 14.7 Å². The zero-order valence-electron chi connectivity index (χ0n) is 12.4. The lowest BCUT2D eigenvalue weighted by atomic mass is 9.98. The molecule has 0 bridgehead atoms. The summed E-state index contributed by atoms with van der Waals surface area (Å²) in [5, 5.41) is 0. The maximum atomic E-state index is 12.6. The molecule has 0 aliphatic carbocycles. The monoisotopic (exact) mass is 256 g/mol. The van der Waals surface area contributed by atoms with Gasteiger partial charge in [-0.25, -0.2) is 0 Å². The van der Waals surface area contributed by atoms with E-state index in [2.05, 4.69) is 23.6 Å². The first-order valence-corrected chi connectivity index (χ1v) is 6.66. The standard InChI is InChI=1S/C13H28N4O/c1-13(2)6-7-16(5)11(10-14)12(18)17(13)9-8-15(3)4/h11H,6-10,14H2,1-5H3. The summed E-state index contributed by atoms with van der Waals surface area (Å²) in [5.41, 5.74) is 5.67. The fourth-order valence-electron chi connectivity index (χ4n) is 2.40. The number of carbonyl (C=O) groups excluding carboxylic acids is 1. The van der Waals surface area contributed by atoms with Crippen molar-refractivity contribution < 1.29 is 4.79 Å². The largest absolute Gasteiger partial charge is 0.335 e. The van der Waals surface area contributed by atoms with E-state index in [1.807, 2.05) is 26.0 Å². The maximum Gasteiger partial charge on any atom is 0.241 e. The first-order valence-electron chi connectivity index (χ1n) is 6.66. The number of nitrogens with two attached hydrogens (primary N) is 1. The molecule has 1 atom stereocenters.